The van der Waals surface area contributed by atoms with Crippen LogP contribution in [0.5, 0.6) is 0 Å². The lowest BCUT2D eigenvalue weighted by molar-refractivity contribution is 0.102. The SMILES string of the molecule is O=C(Nc1c(F)cc(F)cc1Cl)c1cc(S)ccc1Cl. The van der Waals surface area contributed by atoms with Gasteiger partial charge in [0, 0.05) is 11.0 Å². The second-order valence-corrected chi connectivity index (χ2v) is 5.19. The summed E-state index contributed by atoms with van der Waals surface area (Å²) in [5, 5.41) is 2.20. The van der Waals surface area contributed by atoms with E-state index < -0.39 is 17.5 Å². The van der Waals surface area contributed by atoms with E-state index in [-0.39, 0.29) is 21.3 Å². The number of benzene rings is 2. The highest BCUT2D eigenvalue weighted by Gasteiger charge is 2.16. The minimum atomic E-state index is -0.971. The van der Waals surface area contributed by atoms with E-state index in [1.807, 2.05) is 0 Å². The van der Waals surface area contributed by atoms with Gasteiger partial charge in [-0.3, -0.25) is 4.79 Å². The predicted molar refractivity (Wildman–Crippen MR) is 78.0 cm³/mol. The van der Waals surface area contributed by atoms with Crippen LogP contribution in [0.1, 0.15) is 10.4 Å². The third kappa shape index (κ3) is 3.23. The molecule has 0 unspecified atom stereocenters. The van der Waals surface area contributed by atoms with Crippen LogP contribution in [0.2, 0.25) is 10.0 Å². The van der Waals surface area contributed by atoms with Gasteiger partial charge in [-0.2, -0.15) is 0 Å². The zero-order valence-corrected chi connectivity index (χ0v) is 12.2. The summed E-state index contributed by atoms with van der Waals surface area (Å²) in [4.78, 5) is 12.5. The van der Waals surface area contributed by atoms with Crippen LogP contribution in [0, 0.1) is 11.6 Å². The number of carbonyl (C=O) groups is 1. The summed E-state index contributed by atoms with van der Waals surface area (Å²) in [5.74, 6) is -2.47. The Labute approximate surface area is 129 Å². The molecule has 0 aliphatic heterocycles. The second-order valence-electron chi connectivity index (χ2n) is 3.86. The molecule has 2 rings (SSSR count). The fourth-order valence-corrected chi connectivity index (χ4v) is 2.18. The van der Waals surface area contributed by atoms with Gasteiger partial charge in [-0.15, -0.1) is 12.6 Å². The van der Waals surface area contributed by atoms with Crippen molar-refractivity contribution in [1.29, 1.82) is 0 Å². The highest BCUT2D eigenvalue weighted by molar-refractivity contribution is 7.80. The number of hydrogen-bond donors (Lipinski definition) is 2. The van der Waals surface area contributed by atoms with Gasteiger partial charge in [-0.25, -0.2) is 8.78 Å². The maximum Gasteiger partial charge on any atom is 0.257 e. The molecule has 0 fully saturated rings. The molecule has 0 heterocycles. The quantitative estimate of drug-likeness (QED) is 0.758. The lowest BCUT2D eigenvalue weighted by Gasteiger charge is -2.10. The third-order valence-corrected chi connectivity index (χ3v) is 3.35. The maximum atomic E-state index is 13.6. The number of thiol groups is 1. The predicted octanol–water partition coefficient (Wildman–Crippen LogP) is 4.81. The molecule has 0 bridgehead atoms. The molecule has 2 aromatic rings. The monoisotopic (exact) mass is 333 g/mol. The van der Waals surface area contributed by atoms with Crippen LogP contribution in [0.3, 0.4) is 0 Å². The van der Waals surface area contributed by atoms with Crippen molar-refractivity contribution in [1.82, 2.24) is 0 Å². The Bertz CT molecular complexity index is 671. The highest BCUT2D eigenvalue weighted by Crippen LogP contribution is 2.28. The summed E-state index contributed by atoms with van der Waals surface area (Å²) >= 11 is 15.7. The van der Waals surface area contributed by atoms with E-state index in [1.54, 1.807) is 6.07 Å². The molecule has 0 atom stereocenters. The van der Waals surface area contributed by atoms with Crippen LogP contribution < -0.4 is 5.32 Å². The number of nitrogens with one attached hydrogen (secondary N) is 1. The molecule has 0 aliphatic carbocycles. The highest BCUT2D eigenvalue weighted by atomic mass is 35.5. The van der Waals surface area contributed by atoms with Crippen molar-refractivity contribution in [2.75, 3.05) is 5.32 Å². The van der Waals surface area contributed by atoms with Gasteiger partial charge >= 0.3 is 0 Å². The fraction of sp³-hybridized carbons (Fsp3) is 0. The molecule has 104 valence electrons. The molecular formula is C13H7Cl2F2NOS. The van der Waals surface area contributed by atoms with Crippen molar-refractivity contribution in [3.8, 4) is 0 Å². The molecule has 0 aliphatic rings. The smallest absolute Gasteiger partial charge is 0.257 e. The molecular weight excluding hydrogens is 327 g/mol. The second kappa shape index (κ2) is 5.99. The topological polar surface area (TPSA) is 29.1 Å². The Morgan fingerprint density at radius 2 is 1.80 bits per heavy atom. The first-order valence-electron chi connectivity index (χ1n) is 5.33. The summed E-state index contributed by atoms with van der Waals surface area (Å²) in [5.41, 5.74) is -0.197. The number of halogens is 4. The Balaban J connectivity index is 2.35. The molecule has 1 amide bonds. The normalized spacial score (nSPS) is 10.4. The van der Waals surface area contributed by atoms with Crippen LogP contribution in [0.4, 0.5) is 14.5 Å². The molecule has 0 aromatic heterocycles. The fourth-order valence-electron chi connectivity index (χ4n) is 1.53. The van der Waals surface area contributed by atoms with E-state index >= 15 is 0 Å². The van der Waals surface area contributed by atoms with Crippen molar-refractivity contribution in [2.45, 2.75) is 4.90 Å². The summed E-state index contributed by atoms with van der Waals surface area (Å²) in [6.07, 6.45) is 0. The Morgan fingerprint density at radius 3 is 2.45 bits per heavy atom. The lowest BCUT2D eigenvalue weighted by atomic mass is 10.2. The number of amides is 1. The molecule has 20 heavy (non-hydrogen) atoms. The Kier molecular flexibility index (Phi) is 4.52. The van der Waals surface area contributed by atoms with Crippen molar-refractivity contribution in [3.63, 3.8) is 0 Å². The van der Waals surface area contributed by atoms with E-state index in [0.29, 0.717) is 11.0 Å². The van der Waals surface area contributed by atoms with Crippen molar-refractivity contribution in [3.05, 3.63) is 57.6 Å². The van der Waals surface area contributed by atoms with E-state index in [2.05, 4.69) is 17.9 Å². The zero-order chi connectivity index (χ0) is 14.9. The molecule has 0 saturated heterocycles. The first-order chi connectivity index (χ1) is 9.38. The number of anilines is 1. The Hall–Kier alpha value is -1.30. The maximum absolute atomic E-state index is 13.6. The van der Waals surface area contributed by atoms with Gasteiger partial charge in [0.15, 0.2) is 5.82 Å². The lowest BCUT2D eigenvalue weighted by Crippen LogP contribution is -2.14. The molecule has 1 N–H and O–H groups in total. The molecule has 0 radical (unpaired) electrons. The number of rotatable bonds is 2. The van der Waals surface area contributed by atoms with Gasteiger partial charge in [0.2, 0.25) is 0 Å². The van der Waals surface area contributed by atoms with Crippen LogP contribution in [-0.4, -0.2) is 5.91 Å². The average Bonchev–Trinajstić information content (AvgIpc) is 2.36. The third-order valence-electron chi connectivity index (χ3n) is 2.44. The van der Waals surface area contributed by atoms with E-state index in [4.69, 9.17) is 23.2 Å². The summed E-state index contributed by atoms with van der Waals surface area (Å²) in [6, 6.07) is 6.04. The van der Waals surface area contributed by atoms with E-state index in [1.165, 1.54) is 12.1 Å². The summed E-state index contributed by atoms with van der Waals surface area (Å²) in [7, 11) is 0. The van der Waals surface area contributed by atoms with Crippen LogP contribution >= 0.6 is 35.8 Å². The van der Waals surface area contributed by atoms with Gasteiger partial charge in [0.05, 0.1) is 21.3 Å². The summed E-state index contributed by atoms with van der Waals surface area (Å²) in [6.45, 7) is 0. The largest absolute Gasteiger partial charge is 0.318 e. The van der Waals surface area contributed by atoms with Gasteiger partial charge in [0.1, 0.15) is 5.82 Å². The molecule has 0 spiro atoms. The molecule has 2 nitrogen and oxygen atoms in total. The standard InChI is InChI=1S/C13H7Cl2F2NOS/c14-9-2-1-7(20)5-8(9)13(19)18-12-10(15)3-6(16)4-11(12)17/h1-5,20H,(H,18,19). The van der Waals surface area contributed by atoms with Crippen molar-refractivity contribution < 1.29 is 13.6 Å². The van der Waals surface area contributed by atoms with Gasteiger partial charge in [-0.05, 0) is 24.3 Å². The minimum Gasteiger partial charge on any atom is -0.318 e. The molecule has 2 aromatic carbocycles. The van der Waals surface area contributed by atoms with Crippen molar-refractivity contribution >= 4 is 47.4 Å². The minimum absolute atomic E-state index is 0.110. The van der Waals surface area contributed by atoms with Crippen molar-refractivity contribution in [2.24, 2.45) is 0 Å². The summed E-state index contributed by atoms with van der Waals surface area (Å²) < 4.78 is 26.5. The van der Waals surface area contributed by atoms with Crippen LogP contribution in [0.25, 0.3) is 0 Å². The molecule has 7 heteroatoms. The zero-order valence-electron chi connectivity index (χ0n) is 9.75. The van der Waals surface area contributed by atoms with Gasteiger partial charge < -0.3 is 5.32 Å². The van der Waals surface area contributed by atoms with E-state index in [9.17, 15) is 13.6 Å². The van der Waals surface area contributed by atoms with Crippen LogP contribution in [0.15, 0.2) is 35.2 Å². The first kappa shape index (κ1) is 15.1. The van der Waals surface area contributed by atoms with E-state index in [0.717, 1.165) is 6.07 Å². The average molecular weight is 334 g/mol. The van der Waals surface area contributed by atoms with Gasteiger partial charge in [0.25, 0.3) is 5.91 Å². The Morgan fingerprint density at radius 1 is 1.10 bits per heavy atom. The molecule has 0 saturated carbocycles. The number of carbonyl (C=O) groups excluding carboxylic acids is 1. The number of hydrogen-bond acceptors (Lipinski definition) is 2. The first-order valence-corrected chi connectivity index (χ1v) is 6.53. The van der Waals surface area contributed by atoms with Gasteiger partial charge in [-0.1, -0.05) is 23.2 Å². The van der Waals surface area contributed by atoms with Crippen LogP contribution in [-0.2, 0) is 0 Å².